The second-order valence-corrected chi connectivity index (χ2v) is 3.53. The molecule has 2 fully saturated rings. The molecule has 4 nitrogen and oxygen atoms in total. The molecule has 4 heteroatoms. The zero-order valence-corrected chi connectivity index (χ0v) is 7.01. The molecule has 70 valence electrons. The zero-order chi connectivity index (χ0) is 8.72. The van der Waals surface area contributed by atoms with E-state index < -0.39 is 12.2 Å². The Bertz CT molecular complexity index is 172. The van der Waals surface area contributed by atoms with Gasteiger partial charge in [0.2, 0.25) is 0 Å². The highest BCUT2D eigenvalue weighted by molar-refractivity contribution is 4.95. The van der Waals surface area contributed by atoms with Gasteiger partial charge in [0.05, 0.1) is 18.3 Å². The van der Waals surface area contributed by atoms with Crippen LogP contribution in [0.3, 0.4) is 0 Å². The lowest BCUT2D eigenvalue weighted by Gasteiger charge is -2.13. The Hall–Kier alpha value is -0.160. The van der Waals surface area contributed by atoms with E-state index in [0.29, 0.717) is 12.8 Å². The minimum atomic E-state index is -0.629. The molecule has 5 atom stereocenters. The molecule has 1 heterocycles. The van der Waals surface area contributed by atoms with E-state index in [-0.39, 0.29) is 18.3 Å². The molecular formula is C8H14O4. The van der Waals surface area contributed by atoms with Crippen LogP contribution in [0.15, 0.2) is 0 Å². The van der Waals surface area contributed by atoms with E-state index in [4.69, 9.17) is 9.47 Å². The zero-order valence-electron chi connectivity index (χ0n) is 7.01. The predicted molar refractivity (Wildman–Crippen MR) is 40.4 cm³/mol. The van der Waals surface area contributed by atoms with Crippen molar-refractivity contribution < 1.29 is 19.7 Å². The maximum absolute atomic E-state index is 9.50. The van der Waals surface area contributed by atoms with E-state index in [1.54, 1.807) is 7.11 Å². The predicted octanol–water partition coefficient (Wildman–Crippen LogP) is -0.511. The van der Waals surface area contributed by atoms with Gasteiger partial charge in [0, 0.05) is 25.9 Å². The van der Waals surface area contributed by atoms with Crippen molar-refractivity contribution in [3.8, 4) is 0 Å². The molecule has 0 aromatic heterocycles. The van der Waals surface area contributed by atoms with Gasteiger partial charge >= 0.3 is 0 Å². The maximum Gasteiger partial charge on any atom is 0.158 e. The number of ether oxygens (including phenoxy) is 2. The number of hydrogen-bond donors (Lipinski definition) is 2. The van der Waals surface area contributed by atoms with Crippen molar-refractivity contribution in [2.24, 2.45) is 5.92 Å². The van der Waals surface area contributed by atoms with E-state index in [9.17, 15) is 10.2 Å². The second-order valence-electron chi connectivity index (χ2n) is 3.53. The van der Waals surface area contributed by atoms with Gasteiger partial charge in [0.25, 0.3) is 0 Å². The van der Waals surface area contributed by atoms with E-state index >= 15 is 0 Å². The van der Waals surface area contributed by atoms with Gasteiger partial charge in [-0.1, -0.05) is 0 Å². The van der Waals surface area contributed by atoms with Crippen LogP contribution in [0.25, 0.3) is 0 Å². The summed E-state index contributed by atoms with van der Waals surface area (Å²) in [5, 5.41) is 18.8. The molecule has 1 saturated heterocycles. The Morgan fingerprint density at radius 2 is 2.08 bits per heavy atom. The number of rotatable bonds is 1. The summed E-state index contributed by atoms with van der Waals surface area (Å²) in [6.07, 6.45) is -0.222. The first-order chi connectivity index (χ1) is 5.72. The summed E-state index contributed by atoms with van der Waals surface area (Å²) in [7, 11) is 1.59. The minimum absolute atomic E-state index is 0.0139. The van der Waals surface area contributed by atoms with Crippen LogP contribution in [0.1, 0.15) is 12.8 Å². The molecule has 0 spiro atoms. The lowest BCUT2D eigenvalue weighted by molar-refractivity contribution is -0.118. The van der Waals surface area contributed by atoms with Gasteiger partial charge in [0.15, 0.2) is 6.29 Å². The van der Waals surface area contributed by atoms with Crippen molar-refractivity contribution in [2.45, 2.75) is 37.4 Å². The van der Waals surface area contributed by atoms with Gasteiger partial charge in [-0.2, -0.15) is 0 Å². The van der Waals surface area contributed by atoms with Gasteiger partial charge < -0.3 is 19.7 Å². The van der Waals surface area contributed by atoms with Crippen molar-refractivity contribution >= 4 is 0 Å². The molecule has 2 aliphatic rings. The molecule has 12 heavy (non-hydrogen) atoms. The SMILES string of the molecule is CO[C@H]1C[C@@H]2C(O)C(O)C[C@@H]2O1. The average molecular weight is 174 g/mol. The summed E-state index contributed by atoms with van der Waals surface area (Å²) >= 11 is 0. The quantitative estimate of drug-likeness (QED) is 0.562. The molecule has 0 amide bonds. The van der Waals surface area contributed by atoms with Crippen molar-refractivity contribution in [1.82, 2.24) is 0 Å². The van der Waals surface area contributed by atoms with Crippen LogP contribution in [-0.4, -0.2) is 41.9 Å². The topological polar surface area (TPSA) is 58.9 Å². The Morgan fingerprint density at radius 3 is 2.67 bits per heavy atom. The normalized spacial score (nSPS) is 52.8. The van der Waals surface area contributed by atoms with Crippen LogP contribution in [0, 0.1) is 5.92 Å². The molecule has 2 unspecified atom stereocenters. The second kappa shape index (κ2) is 2.96. The van der Waals surface area contributed by atoms with E-state index in [2.05, 4.69) is 0 Å². The fourth-order valence-corrected chi connectivity index (χ4v) is 2.13. The van der Waals surface area contributed by atoms with Crippen LogP contribution in [0.5, 0.6) is 0 Å². The van der Waals surface area contributed by atoms with Crippen molar-refractivity contribution in [1.29, 1.82) is 0 Å². The van der Waals surface area contributed by atoms with Crippen molar-refractivity contribution in [2.75, 3.05) is 7.11 Å². The Balaban J connectivity index is 2.01. The number of fused-ring (bicyclic) bond motifs is 1. The average Bonchev–Trinajstić information content (AvgIpc) is 2.55. The molecular weight excluding hydrogens is 160 g/mol. The molecule has 1 aliphatic carbocycles. The molecule has 0 aromatic carbocycles. The number of hydrogen-bond acceptors (Lipinski definition) is 4. The lowest BCUT2D eigenvalue weighted by Crippen LogP contribution is -2.26. The standard InChI is InChI=1S/C8H14O4/c1-11-7-2-4-6(12-7)3-5(9)8(4)10/h4-10H,2-3H2,1H3/t4-,5?,6-,7+,8?/m0/s1. The van der Waals surface area contributed by atoms with Gasteiger partial charge in [-0.25, -0.2) is 0 Å². The van der Waals surface area contributed by atoms with Crippen molar-refractivity contribution in [3.63, 3.8) is 0 Å². The van der Waals surface area contributed by atoms with Gasteiger partial charge in [-0.05, 0) is 0 Å². The first kappa shape index (κ1) is 8.44. The first-order valence-electron chi connectivity index (χ1n) is 4.26. The van der Waals surface area contributed by atoms with E-state index in [0.717, 1.165) is 0 Å². The largest absolute Gasteiger partial charge is 0.390 e. The molecule has 2 N–H and O–H groups in total. The molecule has 2 rings (SSSR count). The maximum atomic E-state index is 9.50. The third kappa shape index (κ3) is 1.15. The summed E-state index contributed by atoms with van der Waals surface area (Å²) in [6.45, 7) is 0. The number of aliphatic hydroxyl groups excluding tert-OH is 2. The lowest BCUT2D eigenvalue weighted by atomic mass is 10.0. The summed E-state index contributed by atoms with van der Waals surface area (Å²) in [4.78, 5) is 0. The van der Waals surface area contributed by atoms with Gasteiger partial charge in [-0.3, -0.25) is 0 Å². The molecule has 0 aromatic rings. The fourth-order valence-electron chi connectivity index (χ4n) is 2.13. The molecule has 0 bridgehead atoms. The van der Waals surface area contributed by atoms with Gasteiger partial charge in [-0.15, -0.1) is 0 Å². The third-order valence-corrected chi connectivity index (χ3v) is 2.84. The highest BCUT2D eigenvalue weighted by atomic mass is 16.7. The monoisotopic (exact) mass is 174 g/mol. The smallest absolute Gasteiger partial charge is 0.158 e. The van der Waals surface area contributed by atoms with Crippen LogP contribution < -0.4 is 0 Å². The van der Waals surface area contributed by atoms with E-state index in [1.807, 2.05) is 0 Å². The number of aliphatic hydroxyl groups is 2. The summed E-state index contributed by atoms with van der Waals surface area (Å²) in [6, 6.07) is 0. The molecule has 1 saturated carbocycles. The molecule has 0 radical (unpaired) electrons. The first-order valence-corrected chi connectivity index (χ1v) is 4.26. The fraction of sp³-hybridized carbons (Fsp3) is 1.00. The van der Waals surface area contributed by atoms with Crippen LogP contribution in [-0.2, 0) is 9.47 Å². The molecule has 1 aliphatic heterocycles. The minimum Gasteiger partial charge on any atom is -0.390 e. The van der Waals surface area contributed by atoms with Gasteiger partial charge in [0.1, 0.15) is 0 Å². The van der Waals surface area contributed by atoms with Crippen molar-refractivity contribution in [3.05, 3.63) is 0 Å². The highest BCUT2D eigenvalue weighted by Crippen LogP contribution is 2.39. The van der Waals surface area contributed by atoms with E-state index in [1.165, 1.54) is 0 Å². The summed E-state index contributed by atoms with van der Waals surface area (Å²) in [5.74, 6) is 0.0601. The van der Waals surface area contributed by atoms with Crippen LogP contribution >= 0.6 is 0 Å². The highest BCUT2D eigenvalue weighted by Gasteiger charge is 2.48. The van der Waals surface area contributed by atoms with Crippen LogP contribution in [0.4, 0.5) is 0 Å². The summed E-state index contributed by atoms with van der Waals surface area (Å²) < 4.78 is 10.4. The summed E-state index contributed by atoms with van der Waals surface area (Å²) in [5.41, 5.74) is 0. The van der Waals surface area contributed by atoms with Crippen LogP contribution in [0.2, 0.25) is 0 Å². The Morgan fingerprint density at radius 1 is 1.33 bits per heavy atom. The third-order valence-electron chi connectivity index (χ3n) is 2.84. The number of methoxy groups -OCH3 is 1. The Labute approximate surface area is 71.1 Å². The Kier molecular flexibility index (Phi) is 2.08.